The molecular formula is C7H11BrMgO2. The van der Waals surface area contributed by atoms with Crippen LogP contribution in [0.25, 0.3) is 0 Å². The van der Waals surface area contributed by atoms with Gasteiger partial charge in [0.05, 0.1) is 0 Å². The molecule has 4 heteroatoms. The summed E-state index contributed by atoms with van der Waals surface area (Å²) in [5.74, 6) is -0.0463. The van der Waals surface area contributed by atoms with Crippen LogP contribution in [0.1, 0.15) is 19.8 Å². The quantitative estimate of drug-likeness (QED) is 0.463. The van der Waals surface area contributed by atoms with Crippen LogP contribution in [0.15, 0.2) is 0 Å². The number of Topliss-reactive ketones (excluding diaryl/α,β-unsaturated/α-hetero) is 2. The van der Waals surface area contributed by atoms with E-state index >= 15 is 0 Å². The normalized spacial score (nSPS) is 13.3. The summed E-state index contributed by atoms with van der Waals surface area (Å²) in [6, 6.07) is 0. The molecule has 0 radical (unpaired) electrons. The fraction of sp³-hybridized carbons (Fsp3) is 0.429. The van der Waals surface area contributed by atoms with Crippen molar-refractivity contribution in [3.8, 4) is 0 Å². The Morgan fingerprint density at radius 1 is 1.18 bits per heavy atom. The summed E-state index contributed by atoms with van der Waals surface area (Å²) >= 11 is 0. The van der Waals surface area contributed by atoms with E-state index in [1.807, 2.05) is 0 Å². The molecule has 0 atom stereocenters. The van der Waals surface area contributed by atoms with Crippen LogP contribution in [0, 0.1) is 13.3 Å². The fourth-order valence-electron chi connectivity index (χ4n) is 0.570. The van der Waals surface area contributed by atoms with Gasteiger partial charge < -0.3 is 16.5 Å². The van der Waals surface area contributed by atoms with Crippen molar-refractivity contribution in [3.63, 3.8) is 0 Å². The topological polar surface area (TPSA) is 34.1 Å². The van der Waals surface area contributed by atoms with Crippen molar-refractivity contribution in [1.82, 2.24) is 0 Å². The average molecular weight is 231 g/mol. The predicted octanol–water partition coefficient (Wildman–Crippen LogP) is 1.16. The third-order valence-electron chi connectivity index (χ3n) is 0.940. The van der Waals surface area contributed by atoms with Crippen LogP contribution in [0.3, 0.4) is 0 Å². The van der Waals surface area contributed by atoms with Gasteiger partial charge in [0.2, 0.25) is 0 Å². The molecule has 0 unspecified atom stereocenters. The Kier molecular flexibility index (Phi) is 16.7. The molecular weight excluding hydrogens is 220 g/mol. The summed E-state index contributed by atoms with van der Waals surface area (Å²) < 4.78 is 0. The van der Waals surface area contributed by atoms with Gasteiger partial charge in [0.25, 0.3) is 0 Å². The molecule has 60 valence electrons. The van der Waals surface area contributed by atoms with Crippen molar-refractivity contribution in [2.24, 2.45) is 0 Å². The first kappa shape index (κ1) is 17.5. The third kappa shape index (κ3) is 8.36. The average Bonchev–Trinajstić information content (AvgIpc) is 2.20. The Morgan fingerprint density at radius 2 is 1.45 bits per heavy atom. The Labute approximate surface area is 94.0 Å². The molecule has 1 saturated carbocycles. The molecule has 1 rings (SSSR count). The number of hydrogen-bond acceptors (Lipinski definition) is 2. The first-order valence-electron chi connectivity index (χ1n) is 2.90. The zero-order chi connectivity index (χ0) is 7.28. The molecule has 0 heterocycles. The Balaban J connectivity index is -0.000000149. The maximum Gasteiger partial charge on any atom is 2.00 e. The number of hydrogen-bond donors (Lipinski definition) is 0. The molecule has 1 aliphatic rings. The minimum Gasteiger partial charge on any atom is -0.346 e. The summed E-state index contributed by atoms with van der Waals surface area (Å²) in [5, 5.41) is 0. The van der Waals surface area contributed by atoms with E-state index in [0.29, 0.717) is 12.8 Å². The maximum absolute atomic E-state index is 10.2. The number of ketones is 2. The largest absolute Gasteiger partial charge is 2.00 e. The smallest absolute Gasteiger partial charge is 0.346 e. The van der Waals surface area contributed by atoms with Gasteiger partial charge >= 0.3 is 23.1 Å². The molecule has 0 N–H and O–H groups in total. The van der Waals surface area contributed by atoms with Crippen LogP contribution in [-0.2, 0) is 9.59 Å². The van der Waals surface area contributed by atoms with Crippen LogP contribution in [0.2, 0.25) is 0 Å². The van der Waals surface area contributed by atoms with Gasteiger partial charge in [-0.15, -0.1) is 17.0 Å². The second-order valence-electron chi connectivity index (χ2n) is 1.58. The minimum atomic E-state index is -0.0231. The monoisotopic (exact) mass is 230 g/mol. The number of halogens is 1. The molecule has 0 aromatic carbocycles. The van der Waals surface area contributed by atoms with E-state index in [9.17, 15) is 9.59 Å². The van der Waals surface area contributed by atoms with E-state index in [1.54, 1.807) is 6.92 Å². The zero-order valence-electron chi connectivity index (χ0n) is 6.63. The molecule has 1 aliphatic carbocycles. The number of carbonyl (C=O) groups excluding carboxylic acids is 2. The van der Waals surface area contributed by atoms with Gasteiger partial charge in [0, 0.05) is 11.6 Å². The number of rotatable bonds is 0. The van der Waals surface area contributed by atoms with E-state index in [0.717, 1.165) is 0 Å². The first-order chi connectivity index (χ1) is 4.29. The van der Waals surface area contributed by atoms with Crippen LogP contribution >= 0.6 is 17.0 Å². The van der Waals surface area contributed by atoms with Crippen molar-refractivity contribution in [2.75, 3.05) is 0 Å². The summed E-state index contributed by atoms with van der Waals surface area (Å²) in [7, 11) is 0. The molecule has 0 aromatic rings. The van der Waals surface area contributed by atoms with Crippen molar-refractivity contribution < 1.29 is 9.59 Å². The van der Waals surface area contributed by atoms with E-state index in [-0.39, 0.29) is 51.6 Å². The maximum atomic E-state index is 10.2. The van der Waals surface area contributed by atoms with Crippen molar-refractivity contribution >= 4 is 51.6 Å². The van der Waals surface area contributed by atoms with Crippen LogP contribution in [0.4, 0.5) is 0 Å². The minimum absolute atomic E-state index is 0. The molecule has 0 bridgehead atoms. The molecule has 1 fully saturated rings. The zero-order valence-corrected chi connectivity index (χ0v) is 9.76. The Bertz CT molecular complexity index is 112. The van der Waals surface area contributed by atoms with Gasteiger partial charge in [0.15, 0.2) is 0 Å². The second-order valence-corrected chi connectivity index (χ2v) is 1.58. The Hall–Kier alpha value is 0.456. The van der Waals surface area contributed by atoms with Crippen LogP contribution in [-0.4, -0.2) is 34.6 Å². The molecule has 2 nitrogen and oxygen atoms in total. The van der Waals surface area contributed by atoms with Gasteiger partial charge in [-0.05, 0) is 12.8 Å². The predicted molar refractivity (Wildman–Crippen MR) is 50.7 cm³/mol. The molecule has 11 heavy (non-hydrogen) atoms. The van der Waals surface area contributed by atoms with E-state index in [4.69, 9.17) is 0 Å². The van der Waals surface area contributed by atoms with Gasteiger partial charge in [-0.3, -0.25) is 6.42 Å². The van der Waals surface area contributed by atoms with Gasteiger partial charge in [0.1, 0.15) is 0 Å². The van der Waals surface area contributed by atoms with Crippen molar-refractivity contribution in [3.05, 3.63) is 13.3 Å². The van der Waals surface area contributed by atoms with Crippen LogP contribution < -0.4 is 0 Å². The van der Waals surface area contributed by atoms with Crippen molar-refractivity contribution in [2.45, 2.75) is 19.8 Å². The molecule has 0 aliphatic heterocycles. The third-order valence-corrected chi connectivity index (χ3v) is 0.940. The van der Waals surface area contributed by atoms with Gasteiger partial charge in [-0.1, -0.05) is 0 Å². The van der Waals surface area contributed by atoms with E-state index < -0.39 is 0 Å². The fourth-order valence-corrected chi connectivity index (χ4v) is 0.570. The SMILES string of the molecule is Br.O=C1[CH-]C(=O)CC1.[CH2-]C.[Mg+2]. The van der Waals surface area contributed by atoms with Gasteiger partial charge in [-0.25, -0.2) is 0 Å². The summed E-state index contributed by atoms with van der Waals surface area (Å²) in [6.45, 7) is 5.00. The summed E-state index contributed by atoms with van der Waals surface area (Å²) in [4.78, 5) is 20.4. The molecule has 0 spiro atoms. The van der Waals surface area contributed by atoms with Crippen molar-refractivity contribution in [1.29, 1.82) is 0 Å². The standard InChI is InChI=1S/C5H5O2.C2H5.BrH.Mg/c6-4-1-2-5(7)3-4;1-2;;/h3H,1-2H2;1H2,2H3;1H;/q2*-1;;+2. The van der Waals surface area contributed by atoms with Crippen LogP contribution in [0.5, 0.6) is 0 Å². The molecule has 0 saturated heterocycles. The summed E-state index contributed by atoms with van der Waals surface area (Å²) in [5.41, 5.74) is 0. The summed E-state index contributed by atoms with van der Waals surface area (Å²) in [6.07, 6.45) is 2.03. The van der Waals surface area contributed by atoms with E-state index in [2.05, 4.69) is 6.92 Å². The van der Waals surface area contributed by atoms with Gasteiger partial charge in [-0.2, -0.15) is 6.92 Å². The Morgan fingerprint density at radius 3 is 1.55 bits per heavy atom. The molecule has 0 aromatic heterocycles. The van der Waals surface area contributed by atoms with E-state index in [1.165, 1.54) is 6.42 Å². The number of carbonyl (C=O) groups is 2. The first-order valence-corrected chi connectivity index (χ1v) is 2.90. The molecule has 0 amide bonds. The second kappa shape index (κ2) is 10.5.